The van der Waals surface area contributed by atoms with E-state index in [1.807, 2.05) is 12.1 Å². The van der Waals surface area contributed by atoms with Gasteiger partial charge in [0.05, 0.1) is 7.11 Å². The van der Waals surface area contributed by atoms with Gasteiger partial charge in [0.15, 0.2) is 0 Å². The molecule has 0 radical (unpaired) electrons. The Hall–Kier alpha value is -1.28. The van der Waals surface area contributed by atoms with E-state index in [1.165, 1.54) is 24.0 Å². The number of piperidine rings is 1. The molecule has 1 aliphatic rings. The van der Waals surface area contributed by atoms with Crippen molar-refractivity contribution in [1.82, 2.24) is 5.32 Å². The van der Waals surface area contributed by atoms with E-state index in [2.05, 4.69) is 30.4 Å². The zero-order valence-corrected chi connectivity index (χ0v) is 9.99. The van der Waals surface area contributed by atoms with E-state index < -0.39 is 0 Å². The molecular formula is C14H19NO. The highest BCUT2D eigenvalue weighted by atomic mass is 16.5. The molecule has 1 fully saturated rings. The van der Waals surface area contributed by atoms with E-state index >= 15 is 0 Å². The Morgan fingerprint density at radius 2 is 2.06 bits per heavy atom. The van der Waals surface area contributed by atoms with E-state index in [-0.39, 0.29) is 0 Å². The van der Waals surface area contributed by atoms with E-state index in [0.29, 0.717) is 6.04 Å². The number of methoxy groups -OCH3 is 1. The summed E-state index contributed by atoms with van der Waals surface area (Å²) < 4.78 is 5.15. The Morgan fingerprint density at radius 3 is 2.69 bits per heavy atom. The van der Waals surface area contributed by atoms with E-state index in [9.17, 15) is 0 Å². The highest BCUT2D eigenvalue weighted by molar-refractivity contribution is 5.55. The summed E-state index contributed by atoms with van der Waals surface area (Å²) in [5.74, 6) is 0.914. The summed E-state index contributed by atoms with van der Waals surface area (Å²) in [6.07, 6.45) is 4.74. The summed E-state index contributed by atoms with van der Waals surface area (Å²) in [7, 11) is 1.70. The highest BCUT2D eigenvalue weighted by Gasteiger charge is 2.12. The van der Waals surface area contributed by atoms with Gasteiger partial charge in [0.25, 0.3) is 0 Å². The molecule has 0 aliphatic carbocycles. The Kier molecular flexibility index (Phi) is 3.62. The van der Waals surface area contributed by atoms with Crippen LogP contribution in [0, 0.1) is 0 Å². The molecule has 1 aliphatic heterocycles. The van der Waals surface area contributed by atoms with Crippen LogP contribution in [0.25, 0.3) is 6.08 Å². The Balaban J connectivity index is 2.14. The second kappa shape index (κ2) is 5.17. The maximum atomic E-state index is 5.15. The minimum atomic E-state index is 0.510. The number of nitrogens with one attached hydrogen (secondary N) is 1. The number of benzene rings is 1. The second-order valence-electron chi connectivity index (χ2n) is 4.27. The molecule has 86 valence electrons. The van der Waals surface area contributed by atoms with Crippen LogP contribution in [-0.2, 0) is 0 Å². The molecule has 0 saturated carbocycles. The smallest absolute Gasteiger partial charge is 0.118 e. The molecule has 1 N–H and O–H groups in total. The molecule has 0 amide bonds. The molecule has 0 aromatic heterocycles. The van der Waals surface area contributed by atoms with Crippen LogP contribution in [0.2, 0.25) is 0 Å². The fourth-order valence-electron chi connectivity index (χ4n) is 2.07. The van der Waals surface area contributed by atoms with Crippen LogP contribution < -0.4 is 10.1 Å². The van der Waals surface area contributed by atoms with Crippen molar-refractivity contribution in [3.05, 3.63) is 35.4 Å². The summed E-state index contributed by atoms with van der Waals surface area (Å²) >= 11 is 0. The molecule has 1 aromatic rings. The zero-order chi connectivity index (χ0) is 11.4. The topological polar surface area (TPSA) is 21.3 Å². The van der Waals surface area contributed by atoms with Crippen molar-refractivity contribution in [2.75, 3.05) is 13.7 Å². The van der Waals surface area contributed by atoms with Crippen LogP contribution in [0.5, 0.6) is 5.75 Å². The summed E-state index contributed by atoms with van der Waals surface area (Å²) in [5, 5.41) is 3.48. The van der Waals surface area contributed by atoms with Crippen molar-refractivity contribution >= 4 is 6.08 Å². The lowest BCUT2D eigenvalue weighted by molar-refractivity contribution is 0.415. The molecule has 2 nitrogen and oxygen atoms in total. The van der Waals surface area contributed by atoms with Crippen molar-refractivity contribution < 1.29 is 4.74 Å². The monoisotopic (exact) mass is 217 g/mol. The minimum Gasteiger partial charge on any atom is -0.497 e. The second-order valence-corrected chi connectivity index (χ2v) is 4.27. The molecule has 1 atom stereocenters. The van der Waals surface area contributed by atoms with Crippen molar-refractivity contribution in [2.24, 2.45) is 0 Å². The molecule has 1 saturated heterocycles. The van der Waals surface area contributed by atoms with Gasteiger partial charge < -0.3 is 10.1 Å². The summed E-state index contributed by atoms with van der Waals surface area (Å²) in [4.78, 5) is 0. The summed E-state index contributed by atoms with van der Waals surface area (Å²) in [6.45, 7) is 3.37. The fourth-order valence-corrected chi connectivity index (χ4v) is 2.07. The van der Waals surface area contributed by atoms with Crippen molar-refractivity contribution in [1.29, 1.82) is 0 Å². The van der Waals surface area contributed by atoms with Crippen molar-refractivity contribution in [2.45, 2.75) is 25.8 Å². The third-order valence-corrected chi connectivity index (χ3v) is 3.12. The maximum absolute atomic E-state index is 5.15. The first kappa shape index (κ1) is 11.2. The molecule has 1 heterocycles. The quantitative estimate of drug-likeness (QED) is 0.822. The fraction of sp³-hybridized carbons (Fsp3) is 0.429. The molecular weight excluding hydrogens is 198 g/mol. The van der Waals surface area contributed by atoms with Gasteiger partial charge in [-0.2, -0.15) is 0 Å². The van der Waals surface area contributed by atoms with Gasteiger partial charge in [-0.25, -0.2) is 0 Å². The first-order chi connectivity index (χ1) is 7.79. The first-order valence-corrected chi connectivity index (χ1v) is 5.87. The minimum absolute atomic E-state index is 0.510. The van der Waals surface area contributed by atoms with Crippen molar-refractivity contribution in [3.8, 4) is 5.75 Å². The number of hydrogen-bond donors (Lipinski definition) is 1. The van der Waals surface area contributed by atoms with Crippen molar-refractivity contribution in [3.63, 3.8) is 0 Å². The van der Waals surface area contributed by atoms with E-state index in [1.54, 1.807) is 7.11 Å². The van der Waals surface area contributed by atoms with Crippen LogP contribution in [0.1, 0.15) is 25.3 Å². The Bertz CT molecular complexity index is 367. The normalized spacial score (nSPS) is 23.4. The molecule has 16 heavy (non-hydrogen) atoms. The number of hydrogen-bond acceptors (Lipinski definition) is 2. The third kappa shape index (κ3) is 2.64. The van der Waals surface area contributed by atoms with Gasteiger partial charge in [0.2, 0.25) is 0 Å². The standard InChI is InChI=1S/C14H19NO/c1-11-13(4-3-9-15-11)10-12-5-7-14(16-2)8-6-12/h5-8,10-11,15H,3-4,9H2,1-2H3/b13-10+. The Labute approximate surface area is 97.3 Å². The third-order valence-electron chi connectivity index (χ3n) is 3.12. The zero-order valence-electron chi connectivity index (χ0n) is 9.99. The SMILES string of the molecule is COc1ccc(/C=C2\CCCNC2C)cc1. The lowest BCUT2D eigenvalue weighted by atomic mass is 9.97. The predicted octanol–water partition coefficient (Wildman–Crippen LogP) is 2.85. The lowest BCUT2D eigenvalue weighted by Gasteiger charge is -2.23. The van der Waals surface area contributed by atoms with Crippen LogP contribution in [-0.4, -0.2) is 19.7 Å². The van der Waals surface area contributed by atoms with Gasteiger partial charge in [-0.05, 0) is 44.0 Å². The van der Waals surface area contributed by atoms with Gasteiger partial charge in [0, 0.05) is 6.04 Å². The number of rotatable bonds is 2. The van der Waals surface area contributed by atoms with Crippen LogP contribution in [0.15, 0.2) is 29.8 Å². The average molecular weight is 217 g/mol. The largest absolute Gasteiger partial charge is 0.497 e. The average Bonchev–Trinajstić information content (AvgIpc) is 2.33. The highest BCUT2D eigenvalue weighted by Crippen LogP contribution is 2.20. The molecule has 0 spiro atoms. The van der Waals surface area contributed by atoms with Crippen LogP contribution in [0.4, 0.5) is 0 Å². The lowest BCUT2D eigenvalue weighted by Crippen LogP contribution is -2.33. The molecule has 1 aromatic carbocycles. The van der Waals surface area contributed by atoms with Crippen LogP contribution in [0.3, 0.4) is 0 Å². The number of ether oxygens (including phenoxy) is 1. The van der Waals surface area contributed by atoms with E-state index in [4.69, 9.17) is 4.74 Å². The summed E-state index contributed by atoms with van der Waals surface area (Å²) in [5.41, 5.74) is 2.75. The maximum Gasteiger partial charge on any atom is 0.118 e. The van der Waals surface area contributed by atoms with E-state index in [0.717, 1.165) is 12.3 Å². The Morgan fingerprint density at radius 1 is 1.31 bits per heavy atom. The predicted molar refractivity (Wildman–Crippen MR) is 67.7 cm³/mol. The van der Waals surface area contributed by atoms with Gasteiger partial charge >= 0.3 is 0 Å². The molecule has 0 bridgehead atoms. The molecule has 1 unspecified atom stereocenters. The van der Waals surface area contributed by atoms with Gasteiger partial charge in [-0.1, -0.05) is 23.8 Å². The van der Waals surface area contributed by atoms with Gasteiger partial charge in [0.1, 0.15) is 5.75 Å². The molecule has 2 heteroatoms. The van der Waals surface area contributed by atoms with Gasteiger partial charge in [-0.3, -0.25) is 0 Å². The molecule has 2 rings (SSSR count). The van der Waals surface area contributed by atoms with Gasteiger partial charge in [-0.15, -0.1) is 0 Å². The first-order valence-electron chi connectivity index (χ1n) is 5.87. The van der Waals surface area contributed by atoms with Crippen LogP contribution >= 0.6 is 0 Å². The summed E-state index contributed by atoms with van der Waals surface area (Å²) in [6, 6.07) is 8.73.